The molecule has 0 amide bonds. The van der Waals surface area contributed by atoms with Crippen LogP contribution in [0.3, 0.4) is 0 Å². The Balaban J connectivity index is 0.00000117. The molecule has 0 aliphatic carbocycles. The molecule has 4 rings (SSSR count). The van der Waals surface area contributed by atoms with Crippen LogP contribution in [0.4, 0.5) is 5.82 Å². The zero-order valence-electron chi connectivity index (χ0n) is 16.6. The average molecular weight is 413 g/mol. The highest BCUT2D eigenvalue weighted by Crippen LogP contribution is 2.32. The van der Waals surface area contributed by atoms with Gasteiger partial charge in [-0.3, -0.25) is 0 Å². The molecule has 0 saturated carbocycles. The molecule has 3 aromatic rings. The predicted octanol–water partition coefficient (Wildman–Crippen LogP) is 4.57. The van der Waals surface area contributed by atoms with Crippen LogP contribution in [0.5, 0.6) is 11.6 Å². The van der Waals surface area contributed by atoms with E-state index in [1.54, 1.807) is 30.7 Å². The summed E-state index contributed by atoms with van der Waals surface area (Å²) in [6.45, 7) is 5.80. The van der Waals surface area contributed by atoms with Crippen molar-refractivity contribution in [2.45, 2.75) is 32.7 Å². The van der Waals surface area contributed by atoms with Crippen molar-refractivity contribution in [3.8, 4) is 22.9 Å². The van der Waals surface area contributed by atoms with Crippen molar-refractivity contribution in [2.24, 2.45) is 0 Å². The van der Waals surface area contributed by atoms with E-state index in [-0.39, 0.29) is 0 Å². The maximum absolute atomic E-state index is 6.24. The molecule has 1 aliphatic heterocycles. The van der Waals surface area contributed by atoms with Gasteiger partial charge in [-0.25, -0.2) is 19.9 Å². The number of hydrogen-bond acceptors (Lipinski definition) is 7. The third kappa shape index (κ3) is 5.62. The Kier molecular flexibility index (Phi) is 7.72. The number of ether oxygens (including phenoxy) is 1. The largest absolute Gasteiger partial charge is 0.434 e. The van der Waals surface area contributed by atoms with Crippen LogP contribution in [-0.2, 0) is 0 Å². The van der Waals surface area contributed by atoms with Gasteiger partial charge in [0.05, 0.1) is 16.9 Å². The lowest BCUT2D eigenvalue weighted by molar-refractivity contribution is 0.463. The van der Waals surface area contributed by atoms with Gasteiger partial charge >= 0.3 is 0 Å². The van der Waals surface area contributed by atoms with Crippen molar-refractivity contribution in [1.82, 2.24) is 25.3 Å². The summed E-state index contributed by atoms with van der Waals surface area (Å²) < 4.78 is 5.99. The van der Waals surface area contributed by atoms with Crippen LogP contribution in [0.25, 0.3) is 11.3 Å². The third-order valence-corrected chi connectivity index (χ3v) is 4.63. The first-order chi connectivity index (χ1) is 14.3. The lowest BCUT2D eigenvalue weighted by Gasteiger charge is -2.15. The number of nitrogens with one attached hydrogen (secondary N) is 2. The van der Waals surface area contributed by atoms with Crippen LogP contribution in [0.15, 0.2) is 49.2 Å². The summed E-state index contributed by atoms with van der Waals surface area (Å²) in [5.74, 6) is 1.46. The molecule has 1 aromatic carbocycles. The zero-order valence-corrected chi connectivity index (χ0v) is 17.4. The third-order valence-electron chi connectivity index (χ3n) is 4.32. The highest BCUT2D eigenvalue weighted by molar-refractivity contribution is 6.32. The number of halogens is 1. The number of nitrogens with zero attached hydrogens (tertiary/aromatic N) is 4. The molecular weight excluding hydrogens is 388 g/mol. The fourth-order valence-corrected chi connectivity index (χ4v) is 3.09. The van der Waals surface area contributed by atoms with E-state index in [4.69, 9.17) is 16.3 Å². The molecule has 1 atom stereocenters. The van der Waals surface area contributed by atoms with Gasteiger partial charge in [0.2, 0.25) is 0 Å². The number of para-hydroxylation sites is 1. The average Bonchev–Trinajstić information content (AvgIpc) is 3.30. The van der Waals surface area contributed by atoms with E-state index in [0.717, 1.165) is 25.1 Å². The van der Waals surface area contributed by atoms with E-state index in [1.807, 2.05) is 26.0 Å². The highest BCUT2D eigenvalue weighted by atomic mass is 35.5. The molecule has 1 unspecified atom stereocenters. The van der Waals surface area contributed by atoms with Gasteiger partial charge in [0.25, 0.3) is 5.88 Å². The molecule has 1 aliphatic rings. The van der Waals surface area contributed by atoms with Crippen LogP contribution in [0, 0.1) is 0 Å². The molecule has 0 radical (unpaired) electrons. The fourth-order valence-electron chi connectivity index (χ4n) is 2.92. The summed E-state index contributed by atoms with van der Waals surface area (Å²) in [6.07, 6.45) is 8.86. The number of hydrogen-bond donors (Lipinski definition) is 2. The van der Waals surface area contributed by atoms with E-state index in [9.17, 15) is 0 Å². The van der Waals surface area contributed by atoms with E-state index < -0.39 is 0 Å². The minimum atomic E-state index is 0.363. The molecule has 0 bridgehead atoms. The Morgan fingerprint density at radius 2 is 1.97 bits per heavy atom. The highest BCUT2D eigenvalue weighted by Gasteiger charge is 2.17. The van der Waals surface area contributed by atoms with Crippen molar-refractivity contribution in [2.75, 3.05) is 18.4 Å². The lowest BCUT2D eigenvalue weighted by Crippen LogP contribution is -2.29. The molecule has 152 valence electrons. The van der Waals surface area contributed by atoms with Crippen LogP contribution in [0.1, 0.15) is 26.7 Å². The second-order valence-corrected chi connectivity index (χ2v) is 6.65. The number of rotatable bonds is 6. The first-order valence-electron chi connectivity index (χ1n) is 9.81. The van der Waals surface area contributed by atoms with Gasteiger partial charge in [-0.2, -0.15) is 0 Å². The summed E-state index contributed by atoms with van der Waals surface area (Å²) in [6, 6.07) is 7.70. The van der Waals surface area contributed by atoms with Gasteiger partial charge in [-0.15, -0.1) is 0 Å². The monoisotopic (exact) mass is 412 g/mol. The Hall–Kier alpha value is -2.77. The Morgan fingerprint density at radius 3 is 2.69 bits per heavy atom. The standard InChI is InChI=1S/C19H19ClN6O.C2H6/c20-15-5-1-2-6-17(15)27-19-18(24-10-14-4-3-7-23-14)25-11-16(26-19)13-8-21-12-22-9-13;1-2/h1-2,5-6,8-9,11-12,14,23H,3-4,7,10H2,(H,24,25);1-2H3. The number of anilines is 1. The summed E-state index contributed by atoms with van der Waals surface area (Å²) in [5, 5.41) is 7.30. The first-order valence-corrected chi connectivity index (χ1v) is 10.2. The topological polar surface area (TPSA) is 84.9 Å². The molecule has 2 N–H and O–H groups in total. The van der Waals surface area contributed by atoms with Crippen LogP contribution >= 0.6 is 11.6 Å². The molecular formula is C21H25ClN6O. The molecule has 29 heavy (non-hydrogen) atoms. The molecule has 1 fully saturated rings. The second-order valence-electron chi connectivity index (χ2n) is 6.24. The summed E-state index contributed by atoms with van der Waals surface area (Å²) >= 11 is 6.24. The van der Waals surface area contributed by atoms with E-state index >= 15 is 0 Å². The SMILES string of the molecule is CC.Clc1ccccc1Oc1nc(-c2cncnc2)cnc1NCC1CCCN1. The first kappa shape index (κ1) is 21.0. The molecule has 3 heterocycles. The Morgan fingerprint density at radius 1 is 1.17 bits per heavy atom. The van der Waals surface area contributed by atoms with Crippen molar-refractivity contribution < 1.29 is 4.74 Å². The molecule has 0 spiro atoms. The zero-order chi connectivity index (χ0) is 20.5. The van der Waals surface area contributed by atoms with Crippen molar-refractivity contribution in [3.63, 3.8) is 0 Å². The maximum atomic E-state index is 6.24. The van der Waals surface area contributed by atoms with Gasteiger partial charge in [0, 0.05) is 30.5 Å². The quantitative estimate of drug-likeness (QED) is 0.613. The number of benzene rings is 1. The Labute approximate surface area is 175 Å². The molecule has 2 aromatic heterocycles. The van der Waals surface area contributed by atoms with Crippen LogP contribution in [0.2, 0.25) is 5.02 Å². The summed E-state index contributed by atoms with van der Waals surface area (Å²) in [4.78, 5) is 17.2. The molecule has 7 nitrogen and oxygen atoms in total. The number of aromatic nitrogens is 4. The van der Waals surface area contributed by atoms with Gasteiger partial charge in [-0.05, 0) is 31.5 Å². The van der Waals surface area contributed by atoms with Crippen molar-refractivity contribution >= 4 is 17.4 Å². The normalized spacial score (nSPS) is 15.3. The molecule has 1 saturated heterocycles. The van der Waals surface area contributed by atoms with Gasteiger partial charge in [-0.1, -0.05) is 37.6 Å². The minimum absolute atomic E-state index is 0.363. The van der Waals surface area contributed by atoms with E-state index in [0.29, 0.717) is 34.2 Å². The van der Waals surface area contributed by atoms with Crippen LogP contribution in [-0.4, -0.2) is 39.1 Å². The van der Waals surface area contributed by atoms with Crippen molar-refractivity contribution in [3.05, 3.63) is 54.2 Å². The maximum Gasteiger partial charge on any atom is 0.263 e. The summed E-state index contributed by atoms with van der Waals surface area (Å²) in [5.41, 5.74) is 1.39. The summed E-state index contributed by atoms with van der Waals surface area (Å²) in [7, 11) is 0. The second kappa shape index (κ2) is 10.7. The Bertz CT molecular complexity index is 903. The smallest absolute Gasteiger partial charge is 0.263 e. The van der Waals surface area contributed by atoms with Crippen LogP contribution < -0.4 is 15.4 Å². The predicted molar refractivity (Wildman–Crippen MR) is 115 cm³/mol. The molecule has 8 heteroatoms. The van der Waals surface area contributed by atoms with Gasteiger partial charge < -0.3 is 15.4 Å². The fraction of sp³-hybridized carbons (Fsp3) is 0.333. The van der Waals surface area contributed by atoms with Gasteiger partial charge in [0.15, 0.2) is 5.82 Å². The van der Waals surface area contributed by atoms with Gasteiger partial charge in [0.1, 0.15) is 12.1 Å². The van der Waals surface area contributed by atoms with E-state index in [1.165, 1.54) is 12.7 Å². The lowest BCUT2D eigenvalue weighted by atomic mass is 10.2. The van der Waals surface area contributed by atoms with Crippen molar-refractivity contribution in [1.29, 1.82) is 0 Å². The minimum Gasteiger partial charge on any atom is -0.434 e. The van der Waals surface area contributed by atoms with E-state index in [2.05, 4.69) is 30.6 Å².